The van der Waals surface area contributed by atoms with Crippen molar-refractivity contribution in [2.45, 2.75) is 6.04 Å². The molecule has 0 radical (unpaired) electrons. The third-order valence-corrected chi connectivity index (χ3v) is 7.04. The van der Waals surface area contributed by atoms with Gasteiger partial charge in [-0.1, -0.05) is 0 Å². The van der Waals surface area contributed by atoms with Crippen LogP contribution in [-0.2, 0) is 0 Å². The summed E-state index contributed by atoms with van der Waals surface area (Å²) in [5.41, 5.74) is 7.33. The molecule has 0 aromatic carbocycles. The maximum Gasteiger partial charge on any atom is 0.0843 e. The number of hydrogen-bond acceptors (Lipinski definition) is 3. The molecule has 0 aliphatic carbocycles. The summed E-state index contributed by atoms with van der Waals surface area (Å²) in [6, 6.07) is 2.00. The minimum Gasteiger partial charge on any atom is -0.320 e. The maximum atomic E-state index is 6.19. The predicted octanol–water partition coefficient (Wildman–Crippen LogP) is 5.15. The van der Waals surface area contributed by atoms with Gasteiger partial charge in [0.15, 0.2) is 0 Å². The molecule has 2 aromatic heterocycles. The van der Waals surface area contributed by atoms with E-state index in [2.05, 4.69) is 59.2 Å². The molecule has 6 heteroatoms. The fourth-order valence-electron chi connectivity index (χ4n) is 1.18. The molecule has 2 aromatic rings. The van der Waals surface area contributed by atoms with Crippen LogP contribution in [0.3, 0.4) is 0 Å². The zero-order valence-electron chi connectivity index (χ0n) is 7.34. The summed E-state index contributed by atoms with van der Waals surface area (Å²) in [6.45, 7) is 0. The second kappa shape index (κ2) is 4.98. The van der Waals surface area contributed by atoms with Crippen molar-refractivity contribution in [2.24, 2.45) is 5.73 Å². The van der Waals surface area contributed by atoms with Gasteiger partial charge in [0.25, 0.3) is 0 Å². The van der Waals surface area contributed by atoms with Crippen LogP contribution in [-0.4, -0.2) is 0 Å². The standard InChI is InChI=1S/C9H6Br3NS2/c10-5-1-7(15-9(5)12)8(13)4-2-14-3-6(4)11/h1-3,8H,13H2. The zero-order valence-corrected chi connectivity index (χ0v) is 13.7. The molecule has 0 aliphatic heterocycles. The smallest absolute Gasteiger partial charge is 0.0843 e. The second-order valence-electron chi connectivity index (χ2n) is 2.92. The van der Waals surface area contributed by atoms with E-state index in [1.54, 1.807) is 22.7 Å². The highest BCUT2D eigenvalue weighted by atomic mass is 79.9. The first-order valence-electron chi connectivity index (χ1n) is 4.01. The summed E-state index contributed by atoms with van der Waals surface area (Å²) in [4.78, 5) is 1.15. The van der Waals surface area contributed by atoms with Crippen LogP contribution in [0, 0.1) is 0 Å². The van der Waals surface area contributed by atoms with E-state index in [1.165, 1.54) is 0 Å². The molecule has 15 heavy (non-hydrogen) atoms. The average molecular weight is 432 g/mol. The molecule has 0 aliphatic rings. The Labute approximate surface area is 121 Å². The lowest BCUT2D eigenvalue weighted by molar-refractivity contribution is 0.893. The van der Waals surface area contributed by atoms with Gasteiger partial charge >= 0.3 is 0 Å². The van der Waals surface area contributed by atoms with Gasteiger partial charge in [-0.3, -0.25) is 0 Å². The zero-order chi connectivity index (χ0) is 11.0. The quantitative estimate of drug-likeness (QED) is 0.699. The molecule has 0 fully saturated rings. The fourth-order valence-corrected chi connectivity index (χ4v) is 4.87. The molecule has 0 bridgehead atoms. The second-order valence-corrected chi connectivity index (χ2v) is 7.78. The molecule has 0 saturated heterocycles. The number of rotatable bonds is 2. The van der Waals surface area contributed by atoms with Crippen molar-refractivity contribution in [3.8, 4) is 0 Å². The van der Waals surface area contributed by atoms with E-state index in [1.807, 2.05) is 5.38 Å². The van der Waals surface area contributed by atoms with Crippen LogP contribution in [0.25, 0.3) is 0 Å². The van der Waals surface area contributed by atoms with Crippen LogP contribution in [0.15, 0.2) is 29.6 Å². The van der Waals surface area contributed by atoms with E-state index in [9.17, 15) is 0 Å². The van der Waals surface area contributed by atoms with Gasteiger partial charge in [-0.15, -0.1) is 11.3 Å². The van der Waals surface area contributed by atoms with Gasteiger partial charge in [-0.2, -0.15) is 11.3 Å². The molecule has 2 N–H and O–H groups in total. The maximum absolute atomic E-state index is 6.19. The number of nitrogens with two attached hydrogens (primary N) is 1. The highest BCUT2D eigenvalue weighted by Crippen LogP contribution is 2.38. The predicted molar refractivity (Wildman–Crippen MR) is 77.8 cm³/mol. The van der Waals surface area contributed by atoms with Crippen LogP contribution in [0.4, 0.5) is 0 Å². The average Bonchev–Trinajstić information content (AvgIpc) is 2.74. The van der Waals surface area contributed by atoms with Crippen molar-refractivity contribution in [2.75, 3.05) is 0 Å². The summed E-state index contributed by atoms with van der Waals surface area (Å²) in [5.74, 6) is 0. The minimum absolute atomic E-state index is 0.0572. The molecule has 1 unspecified atom stereocenters. The van der Waals surface area contributed by atoms with Crippen molar-refractivity contribution >= 4 is 70.5 Å². The molecule has 1 nitrogen and oxygen atoms in total. The van der Waals surface area contributed by atoms with Gasteiger partial charge in [0.1, 0.15) is 0 Å². The third-order valence-electron chi connectivity index (χ3n) is 1.95. The molecular weight excluding hydrogens is 426 g/mol. The third kappa shape index (κ3) is 2.56. The largest absolute Gasteiger partial charge is 0.320 e. The van der Waals surface area contributed by atoms with Crippen LogP contribution in [0.2, 0.25) is 0 Å². The van der Waals surface area contributed by atoms with E-state index in [0.717, 1.165) is 23.2 Å². The lowest BCUT2D eigenvalue weighted by Gasteiger charge is -2.07. The van der Waals surface area contributed by atoms with Gasteiger partial charge in [-0.25, -0.2) is 0 Å². The van der Waals surface area contributed by atoms with Gasteiger partial charge in [0.05, 0.1) is 9.83 Å². The molecule has 0 spiro atoms. The van der Waals surface area contributed by atoms with Crippen LogP contribution in [0.1, 0.15) is 16.5 Å². The van der Waals surface area contributed by atoms with Crippen molar-refractivity contribution < 1.29 is 0 Å². The summed E-state index contributed by atoms with van der Waals surface area (Å²) in [5, 5.41) is 4.13. The van der Waals surface area contributed by atoms with Crippen molar-refractivity contribution in [1.82, 2.24) is 0 Å². The lowest BCUT2D eigenvalue weighted by atomic mass is 10.1. The molecule has 2 rings (SSSR count). The Balaban J connectivity index is 2.36. The van der Waals surface area contributed by atoms with E-state index in [-0.39, 0.29) is 6.04 Å². The Bertz CT molecular complexity index is 458. The first kappa shape index (κ1) is 12.3. The van der Waals surface area contributed by atoms with Crippen molar-refractivity contribution in [3.05, 3.63) is 40.0 Å². The number of hydrogen-bond donors (Lipinski definition) is 1. The normalized spacial score (nSPS) is 13.1. The van der Waals surface area contributed by atoms with Crippen molar-refractivity contribution in [1.29, 1.82) is 0 Å². The van der Waals surface area contributed by atoms with Gasteiger partial charge in [0, 0.05) is 19.2 Å². The summed E-state index contributed by atoms with van der Waals surface area (Å²) >= 11 is 13.8. The summed E-state index contributed by atoms with van der Waals surface area (Å²) in [7, 11) is 0. The van der Waals surface area contributed by atoms with E-state index in [0.29, 0.717) is 0 Å². The Kier molecular flexibility index (Phi) is 4.07. The highest BCUT2D eigenvalue weighted by Gasteiger charge is 2.16. The topological polar surface area (TPSA) is 26.0 Å². The molecule has 0 saturated carbocycles. The first-order valence-corrected chi connectivity index (χ1v) is 8.15. The summed E-state index contributed by atoms with van der Waals surface area (Å²) in [6.07, 6.45) is 0. The van der Waals surface area contributed by atoms with Crippen LogP contribution >= 0.6 is 70.5 Å². The van der Waals surface area contributed by atoms with Crippen LogP contribution < -0.4 is 5.73 Å². The number of thiophene rings is 2. The van der Waals surface area contributed by atoms with E-state index >= 15 is 0 Å². The first-order chi connectivity index (χ1) is 7.09. The molecule has 1 atom stereocenters. The Morgan fingerprint density at radius 2 is 1.87 bits per heavy atom. The van der Waals surface area contributed by atoms with Gasteiger partial charge in [-0.05, 0) is 64.8 Å². The lowest BCUT2D eigenvalue weighted by Crippen LogP contribution is -2.09. The monoisotopic (exact) mass is 429 g/mol. The molecular formula is C9H6Br3NS2. The van der Waals surface area contributed by atoms with Gasteiger partial charge < -0.3 is 5.73 Å². The van der Waals surface area contributed by atoms with E-state index in [4.69, 9.17) is 5.73 Å². The Hall–Kier alpha value is 0.800. The summed E-state index contributed by atoms with van der Waals surface area (Å²) < 4.78 is 3.23. The highest BCUT2D eigenvalue weighted by molar-refractivity contribution is 9.13. The molecule has 0 amide bonds. The Morgan fingerprint density at radius 1 is 1.13 bits per heavy atom. The SMILES string of the molecule is NC(c1cc(Br)c(Br)s1)c1cscc1Br. The molecule has 2 heterocycles. The van der Waals surface area contributed by atoms with E-state index < -0.39 is 0 Å². The molecule has 80 valence electrons. The Morgan fingerprint density at radius 3 is 2.33 bits per heavy atom. The fraction of sp³-hybridized carbons (Fsp3) is 0.111. The van der Waals surface area contributed by atoms with Crippen molar-refractivity contribution in [3.63, 3.8) is 0 Å². The minimum atomic E-state index is -0.0572. The van der Waals surface area contributed by atoms with Gasteiger partial charge in [0.2, 0.25) is 0 Å². The van der Waals surface area contributed by atoms with Crippen LogP contribution in [0.5, 0.6) is 0 Å². The number of halogens is 3.